The summed E-state index contributed by atoms with van der Waals surface area (Å²) in [6.07, 6.45) is 3.44. The Hall–Kier alpha value is -5.21. The smallest absolute Gasteiger partial charge is 0.407 e. The van der Waals surface area contributed by atoms with Crippen LogP contribution in [0.2, 0.25) is 0 Å². The van der Waals surface area contributed by atoms with Gasteiger partial charge in [0.2, 0.25) is 15.9 Å². The molecular weight excluding hydrogens is 707 g/mol. The molecule has 3 heterocycles. The predicted octanol–water partition coefficient (Wildman–Crippen LogP) is 5.90. The fraction of sp³-hybridized carbons (Fsp3) is 0.400. The second-order valence-electron chi connectivity index (χ2n) is 14.1. The van der Waals surface area contributed by atoms with Gasteiger partial charge in [0.1, 0.15) is 11.9 Å². The summed E-state index contributed by atoms with van der Waals surface area (Å²) in [4.78, 5) is 50.6. The van der Waals surface area contributed by atoms with Crippen LogP contribution in [-0.4, -0.2) is 97.1 Å². The number of carbonyl (C=O) groups excluding carboxylic acids is 3. The van der Waals surface area contributed by atoms with Crippen molar-refractivity contribution >= 4 is 39.3 Å². The van der Waals surface area contributed by atoms with E-state index in [0.29, 0.717) is 56.2 Å². The molecule has 1 aromatic heterocycles. The molecule has 3 N–H and O–H groups in total. The lowest BCUT2D eigenvalue weighted by Gasteiger charge is -2.35. The van der Waals surface area contributed by atoms with Gasteiger partial charge in [-0.1, -0.05) is 57.2 Å². The maximum absolute atomic E-state index is 13.5. The van der Waals surface area contributed by atoms with Crippen LogP contribution in [-0.2, 0) is 19.6 Å². The zero-order valence-corrected chi connectivity index (χ0v) is 32.1. The van der Waals surface area contributed by atoms with E-state index in [0.717, 1.165) is 40.9 Å². The first-order chi connectivity index (χ1) is 26.0. The summed E-state index contributed by atoms with van der Waals surface area (Å²) in [6, 6.07) is 22.2. The summed E-state index contributed by atoms with van der Waals surface area (Å²) in [6.45, 7) is 8.42. The average molecular weight is 756 g/mol. The van der Waals surface area contributed by atoms with Gasteiger partial charge < -0.3 is 30.2 Å². The number of amides is 3. The van der Waals surface area contributed by atoms with Crippen LogP contribution in [0.1, 0.15) is 62.3 Å². The van der Waals surface area contributed by atoms with Gasteiger partial charge >= 0.3 is 6.09 Å². The minimum atomic E-state index is -3.19. The number of aromatic amines is 1. The number of likely N-dealkylation sites (tertiary alicyclic amines) is 1. The molecule has 14 heteroatoms. The lowest BCUT2D eigenvalue weighted by atomic mass is 10.0. The van der Waals surface area contributed by atoms with E-state index >= 15 is 0 Å². The molecule has 0 saturated carbocycles. The zero-order chi connectivity index (χ0) is 38.4. The molecule has 2 atom stereocenters. The zero-order valence-electron chi connectivity index (χ0n) is 31.2. The molecule has 13 nitrogen and oxygen atoms in total. The number of hydrogen-bond donors (Lipinski definition) is 3. The van der Waals surface area contributed by atoms with E-state index in [1.165, 1.54) is 7.11 Å². The van der Waals surface area contributed by atoms with Crippen LogP contribution in [0.5, 0.6) is 0 Å². The van der Waals surface area contributed by atoms with Crippen LogP contribution in [0.3, 0.4) is 0 Å². The third-order valence-electron chi connectivity index (χ3n) is 10.1. The van der Waals surface area contributed by atoms with E-state index in [-0.39, 0.29) is 29.5 Å². The summed E-state index contributed by atoms with van der Waals surface area (Å²) in [5.74, 6) is 0.418. The van der Waals surface area contributed by atoms with Crippen LogP contribution < -0.4 is 15.5 Å². The van der Waals surface area contributed by atoms with Gasteiger partial charge in [0, 0.05) is 61.4 Å². The monoisotopic (exact) mass is 755 g/mol. The average Bonchev–Trinajstić information content (AvgIpc) is 3.88. The minimum Gasteiger partial charge on any atom is -0.453 e. The molecule has 0 aliphatic carbocycles. The van der Waals surface area contributed by atoms with Crippen molar-refractivity contribution in [1.82, 2.24) is 24.5 Å². The van der Waals surface area contributed by atoms with Gasteiger partial charge in [0.15, 0.2) is 0 Å². The number of nitrogens with zero attached hydrogens (tertiary/aromatic N) is 4. The highest BCUT2D eigenvalue weighted by Gasteiger charge is 2.37. The lowest BCUT2D eigenvalue weighted by molar-refractivity contribution is -0.135. The fourth-order valence-corrected chi connectivity index (χ4v) is 8.56. The molecule has 2 saturated heterocycles. The van der Waals surface area contributed by atoms with Gasteiger partial charge in [0.05, 0.1) is 24.6 Å². The van der Waals surface area contributed by atoms with E-state index in [4.69, 9.17) is 9.72 Å². The second kappa shape index (κ2) is 16.9. The van der Waals surface area contributed by atoms with Crippen molar-refractivity contribution in [1.29, 1.82) is 0 Å². The molecule has 2 aliphatic rings. The second-order valence-corrected chi connectivity index (χ2v) is 16.2. The first-order valence-electron chi connectivity index (χ1n) is 18.5. The van der Waals surface area contributed by atoms with Crippen molar-refractivity contribution in [2.75, 3.05) is 55.8 Å². The quantitative estimate of drug-likeness (QED) is 0.161. The highest BCUT2D eigenvalue weighted by Crippen LogP contribution is 2.33. The fourth-order valence-electron chi connectivity index (χ4n) is 7.07. The maximum atomic E-state index is 13.5. The van der Waals surface area contributed by atoms with Gasteiger partial charge in [0.25, 0.3) is 5.91 Å². The highest BCUT2D eigenvalue weighted by atomic mass is 32.2. The topological polar surface area (TPSA) is 157 Å². The van der Waals surface area contributed by atoms with E-state index in [2.05, 4.69) is 20.5 Å². The van der Waals surface area contributed by atoms with Crippen LogP contribution >= 0.6 is 0 Å². The largest absolute Gasteiger partial charge is 0.453 e. The number of methoxy groups -OCH3 is 1. The number of anilines is 2. The predicted molar refractivity (Wildman–Crippen MR) is 210 cm³/mol. The molecule has 0 radical (unpaired) electrons. The SMILES string of the molecule is CCCS(=O)(=O)N1CCN(c2ccc(NC(=O)c3ccc(-c4ccc(-c5c[nH]c([C@@H]6CCCN6C(=O)[C@@H](NC(=O)OC)C(C)C)n5)cc4)cc3)cc2)CC1. The van der Waals surface area contributed by atoms with Gasteiger partial charge in [-0.05, 0) is 72.7 Å². The van der Waals surface area contributed by atoms with E-state index in [1.54, 1.807) is 21.3 Å². The van der Waals surface area contributed by atoms with Crippen LogP contribution in [0.25, 0.3) is 22.4 Å². The Labute approximate surface area is 317 Å². The number of piperazine rings is 1. The number of H-pyrrole nitrogens is 1. The molecule has 3 amide bonds. The Morgan fingerprint density at radius 2 is 1.52 bits per heavy atom. The molecule has 2 aliphatic heterocycles. The summed E-state index contributed by atoms with van der Waals surface area (Å²) in [5, 5.41) is 5.65. The van der Waals surface area contributed by atoms with Crippen molar-refractivity contribution in [3.05, 3.63) is 90.4 Å². The number of sulfonamides is 1. The van der Waals surface area contributed by atoms with Gasteiger partial charge in [-0.25, -0.2) is 18.2 Å². The number of imidazole rings is 1. The van der Waals surface area contributed by atoms with E-state index in [1.807, 2.05) is 87.6 Å². The molecule has 6 rings (SSSR count). The first-order valence-corrected chi connectivity index (χ1v) is 20.1. The number of ether oxygens (including phenoxy) is 1. The molecule has 2 fully saturated rings. The van der Waals surface area contributed by atoms with Crippen molar-refractivity contribution in [3.8, 4) is 22.4 Å². The number of carbonyl (C=O) groups is 3. The Morgan fingerprint density at radius 3 is 2.13 bits per heavy atom. The van der Waals surface area contributed by atoms with Gasteiger partial charge in [-0.2, -0.15) is 4.31 Å². The summed E-state index contributed by atoms with van der Waals surface area (Å²) >= 11 is 0. The number of alkyl carbamates (subject to hydrolysis) is 1. The molecule has 0 unspecified atom stereocenters. The van der Waals surface area contributed by atoms with Crippen molar-refractivity contribution in [2.24, 2.45) is 5.92 Å². The summed E-state index contributed by atoms with van der Waals surface area (Å²) in [5.41, 5.74) is 5.85. The molecule has 4 aromatic rings. The van der Waals surface area contributed by atoms with Crippen molar-refractivity contribution in [2.45, 2.75) is 52.1 Å². The Kier molecular flexibility index (Phi) is 12.0. The Balaban J connectivity index is 1.04. The van der Waals surface area contributed by atoms with Crippen molar-refractivity contribution < 1.29 is 27.5 Å². The third kappa shape index (κ3) is 8.77. The first kappa shape index (κ1) is 38.5. The molecule has 0 bridgehead atoms. The number of benzene rings is 3. The van der Waals surface area contributed by atoms with Crippen LogP contribution in [0.4, 0.5) is 16.2 Å². The number of aromatic nitrogens is 2. The van der Waals surface area contributed by atoms with Crippen LogP contribution in [0.15, 0.2) is 79.0 Å². The van der Waals surface area contributed by atoms with Gasteiger partial charge in [-0.15, -0.1) is 0 Å². The molecule has 286 valence electrons. The van der Waals surface area contributed by atoms with E-state index < -0.39 is 22.2 Å². The maximum Gasteiger partial charge on any atom is 0.407 e. The number of nitrogens with one attached hydrogen (secondary N) is 3. The summed E-state index contributed by atoms with van der Waals surface area (Å²) in [7, 11) is -1.91. The number of hydrogen-bond acceptors (Lipinski definition) is 8. The highest BCUT2D eigenvalue weighted by molar-refractivity contribution is 7.89. The normalized spacial score (nSPS) is 17.0. The minimum absolute atomic E-state index is 0.109. The lowest BCUT2D eigenvalue weighted by Crippen LogP contribution is -2.51. The number of rotatable bonds is 12. The van der Waals surface area contributed by atoms with E-state index in [9.17, 15) is 22.8 Å². The standard InChI is InChI=1S/C40H49N7O6S/c1-5-25-54(51,52)46-23-21-45(22-24-46)33-18-16-32(17-19-33)42-38(48)31-14-10-29(11-15-31)28-8-12-30(13-9-28)34-26-41-37(43-34)35-7-6-20-47(35)39(49)36(27(2)3)44-40(50)53-4/h8-19,26-27,35-36H,5-7,20-25H2,1-4H3,(H,41,43)(H,42,48)(H,44,50)/t35-,36-/m0/s1. The third-order valence-corrected chi connectivity index (χ3v) is 12.2. The molecular formula is C40H49N7O6S. The molecule has 54 heavy (non-hydrogen) atoms. The van der Waals surface area contributed by atoms with Crippen LogP contribution in [0, 0.1) is 5.92 Å². The van der Waals surface area contributed by atoms with Crippen molar-refractivity contribution in [3.63, 3.8) is 0 Å². The Bertz CT molecular complexity index is 2020. The van der Waals surface area contributed by atoms with Gasteiger partial charge in [-0.3, -0.25) is 9.59 Å². The molecule has 3 aromatic carbocycles. The molecule has 0 spiro atoms. The summed E-state index contributed by atoms with van der Waals surface area (Å²) < 4.78 is 31.1. The Morgan fingerprint density at radius 1 is 0.889 bits per heavy atom.